The summed E-state index contributed by atoms with van der Waals surface area (Å²) in [6, 6.07) is 19.1. The molecule has 0 spiro atoms. The first-order valence-electron chi connectivity index (χ1n) is 14.2. The third-order valence-corrected chi connectivity index (χ3v) is 7.46. The first kappa shape index (κ1) is 32.2. The van der Waals surface area contributed by atoms with Crippen LogP contribution in [0.25, 0.3) is 0 Å². The minimum atomic E-state index is -2.35. The Balaban J connectivity index is 1.35. The van der Waals surface area contributed by atoms with Gasteiger partial charge in [-0.3, -0.25) is 9.78 Å². The molecule has 3 unspecified atom stereocenters. The average molecular weight is 628 g/mol. The number of amides is 1. The highest BCUT2D eigenvalue weighted by atomic mass is 19.2. The number of likely N-dealkylation sites (N-methyl/N-ethyl adjacent to an activating group) is 1. The van der Waals surface area contributed by atoms with E-state index in [4.69, 9.17) is 9.47 Å². The van der Waals surface area contributed by atoms with Gasteiger partial charge < -0.3 is 24.8 Å². The van der Waals surface area contributed by atoms with E-state index in [1.54, 1.807) is 24.4 Å². The van der Waals surface area contributed by atoms with Crippen molar-refractivity contribution in [1.29, 1.82) is 0 Å². The predicted molar refractivity (Wildman–Crippen MR) is 154 cm³/mol. The highest BCUT2D eigenvalue weighted by molar-refractivity contribution is 6.04. The summed E-state index contributed by atoms with van der Waals surface area (Å²) in [6.45, 7) is 1.16. The van der Waals surface area contributed by atoms with Crippen molar-refractivity contribution in [3.05, 3.63) is 130 Å². The third kappa shape index (κ3) is 7.54. The number of nitrogens with one attached hydrogen (secondary N) is 1. The molecule has 3 aromatic carbocycles. The number of aromatic nitrogens is 1. The number of nitrogens with zero attached hydrogens (tertiary/aromatic N) is 2. The fourth-order valence-corrected chi connectivity index (χ4v) is 5.08. The average Bonchev–Trinajstić information content (AvgIpc) is 3.06. The molecule has 7 nitrogen and oxygen atoms in total. The van der Waals surface area contributed by atoms with E-state index in [-0.39, 0.29) is 18.4 Å². The van der Waals surface area contributed by atoms with E-state index in [0.29, 0.717) is 18.5 Å². The molecule has 0 bridgehead atoms. The second-order valence-corrected chi connectivity index (χ2v) is 10.7. The Morgan fingerprint density at radius 3 is 2.29 bits per heavy atom. The van der Waals surface area contributed by atoms with Gasteiger partial charge in [0.2, 0.25) is 5.82 Å². The van der Waals surface area contributed by atoms with Crippen LogP contribution in [0.2, 0.25) is 0 Å². The molecule has 1 amide bonds. The monoisotopic (exact) mass is 627 g/mol. The molecule has 0 saturated carbocycles. The summed E-state index contributed by atoms with van der Waals surface area (Å²) in [4.78, 5) is 19.1. The van der Waals surface area contributed by atoms with Crippen LogP contribution in [-0.2, 0) is 22.5 Å². The smallest absolute Gasteiger partial charge is 0.261 e. The molecule has 45 heavy (non-hydrogen) atoms. The van der Waals surface area contributed by atoms with E-state index in [0.717, 1.165) is 29.8 Å². The largest absolute Gasteiger partial charge is 0.392 e. The Labute approximate surface area is 256 Å². The Morgan fingerprint density at radius 2 is 1.62 bits per heavy atom. The molecule has 2 N–H and O–H groups in total. The highest BCUT2D eigenvalue weighted by Crippen LogP contribution is 2.38. The number of hydrogen-bond donors (Lipinski definition) is 2. The Bertz CT molecular complexity index is 1610. The molecule has 1 aliphatic rings. The topological polar surface area (TPSA) is 83.9 Å². The maximum absolute atomic E-state index is 14.2. The SMILES string of the molecule is CN(CCc1ccccn1)CC1CC(c2ccc(CO)cc2)OC(c2cccc(NC(=O)c3c(F)c(F)c(F)c(F)c3F)c2)O1. The summed E-state index contributed by atoms with van der Waals surface area (Å²) in [5.74, 6) is -12.8. The van der Waals surface area contributed by atoms with Crippen molar-refractivity contribution in [3.63, 3.8) is 0 Å². The van der Waals surface area contributed by atoms with Crippen LogP contribution in [0.4, 0.5) is 27.6 Å². The van der Waals surface area contributed by atoms with E-state index in [9.17, 15) is 31.9 Å². The van der Waals surface area contributed by atoms with Gasteiger partial charge in [-0.15, -0.1) is 0 Å². The molecule has 2 heterocycles. The van der Waals surface area contributed by atoms with Gasteiger partial charge in [0.05, 0.1) is 18.8 Å². The predicted octanol–water partition coefficient (Wildman–Crippen LogP) is 6.24. The molecule has 0 radical (unpaired) electrons. The first-order valence-corrected chi connectivity index (χ1v) is 14.2. The maximum atomic E-state index is 14.2. The number of pyridine rings is 1. The van der Waals surface area contributed by atoms with Crippen LogP contribution >= 0.6 is 0 Å². The summed E-state index contributed by atoms with van der Waals surface area (Å²) >= 11 is 0. The number of halogens is 5. The molecular weight excluding hydrogens is 597 g/mol. The van der Waals surface area contributed by atoms with Crippen molar-refractivity contribution in [2.45, 2.75) is 37.9 Å². The van der Waals surface area contributed by atoms with E-state index in [1.165, 1.54) is 18.2 Å². The van der Waals surface area contributed by atoms with Gasteiger partial charge in [-0.1, -0.05) is 42.5 Å². The Morgan fingerprint density at radius 1 is 0.911 bits per heavy atom. The van der Waals surface area contributed by atoms with Crippen LogP contribution in [0, 0.1) is 29.1 Å². The van der Waals surface area contributed by atoms with E-state index >= 15 is 0 Å². The van der Waals surface area contributed by atoms with Crippen LogP contribution in [0.3, 0.4) is 0 Å². The zero-order chi connectivity index (χ0) is 32.1. The number of aliphatic hydroxyl groups excluding tert-OH is 1. The van der Waals surface area contributed by atoms with Gasteiger partial charge in [0.1, 0.15) is 5.56 Å². The molecule has 1 aliphatic heterocycles. The summed E-state index contributed by atoms with van der Waals surface area (Å²) in [5, 5.41) is 11.6. The summed E-state index contributed by atoms with van der Waals surface area (Å²) in [7, 11) is 1.97. The van der Waals surface area contributed by atoms with Crippen LogP contribution in [-0.4, -0.2) is 47.1 Å². The van der Waals surface area contributed by atoms with Crippen LogP contribution in [0.5, 0.6) is 0 Å². The van der Waals surface area contributed by atoms with Gasteiger partial charge in [-0.05, 0) is 42.4 Å². The fraction of sp³-hybridized carbons (Fsp3) is 0.273. The zero-order valence-electron chi connectivity index (χ0n) is 24.2. The number of anilines is 1. The normalized spacial score (nSPS) is 18.3. The van der Waals surface area contributed by atoms with Crippen molar-refractivity contribution >= 4 is 11.6 Å². The molecule has 4 aromatic rings. The van der Waals surface area contributed by atoms with Crippen LogP contribution in [0.15, 0.2) is 72.9 Å². The molecule has 1 aromatic heterocycles. The van der Waals surface area contributed by atoms with Crippen molar-refractivity contribution in [1.82, 2.24) is 9.88 Å². The molecule has 12 heteroatoms. The molecule has 3 atom stereocenters. The summed E-state index contributed by atoms with van der Waals surface area (Å²) in [5.41, 5.74) is 1.43. The number of aliphatic hydroxyl groups is 1. The van der Waals surface area contributed by atoms with Crippen LogP contribution < -0.4 is 5.32 Å². The minimum Gasteiger partial charge on any atom is -0.392 e. The van der Waals surface area contributed by atoms with Crippen molar-refractivity contribution < 1.29 is 41.3 Å². The van der Waals surface area contributed by atoms with Crippen molar-refractivity contribution in [2.75, 3.05) is 25.5 Å². The second-order valence-electron chi connectivity index (χ2n) is 10.7. The number of carbonyl (C=O) groups excluding carboxylic acids is 1. The summed E-state index contributed by atoms with van der Waals surface area (Å²) < 4.78 is 82.0. The maximum Gasteiger partial charge on any atom is 0.261 e. The molecule has 1 saturated heterocycles. The third-order valence-electron chi connectivity index (χ3n) is 7.46. The lowest BCUT2D eigenvalue weighted by atomic mass is 9.99. The second kappa shape index (κ2) is 14.2. The van der Waals surface area contributed by atoms with Crippen molar-refractivity contribution in [3.8, 4) is 0 Å². The number of rotatable bonds is 10. The quantitative estimate of drug-likeness (QED) is 0.123. The van der Waals surface area contributed by atoms with Gasteiger partial charge in [-0.2, -0.15) is 0 Å². The lowest BCUT2D eigenvalue weighted by molar-refractivity contribution is -0.252. The Kier molecular flexibility index (Phi) is 10.2. The van der Waals surface area contributed by atoms with Crippen molar-refractivity contribution in [2.24, 2.45) is 0 Å². The first-order chi connectivity index (χ1) is 21.6. The van der Waals surface area contributed by atoms with Gasteiger partial charge >= 0.3 is 0 Å². The van der Waals surface area contributed by atoms with Gasteiger partial charge in [0.15, 0.2) is 29.6 Å². The van der Waals surface area contributed by atoms with Crippen LogP contribution in [0.1, 0.15) is 51.6 Å². The lowest BCUT2D eigenvalue weighted by Gasteiger charge is -2.38. The molecule has 5 rings (SSSR count). The highest BCUT2D eigenvalue weighted by Gasteiger charge is 2.33. The van der Waals surface area contributed by atoms with E-state index in [1.807, 2.05) is 37.4 Å². The standard InChI is InChI=1S/C33H30F5N3O4/c1-41(14-12-22-6-2-3-13-39-22)17-24-16-25(20-10-8-19(18-42)9-11-20)45-33(44-24)21-5-4-7-23(15-21)40-32(43)26-27(34)29(36)31(38)30(37)28(26)35/h2-11,13,15,24-25,33,42H,12,14,16-18H2,1H3,(H,40,43). The summed E-state index contributed by atoms with van der Waals surface area (Å²) in [6.07, 6.45) is 1.36. The molecule has 0 aliphatic carbocycles. The van der Waals surface area contributed by atoms with Gasteiger partial charge in [-0.25, -0.2) is 22.0 Å². The zero-order valence-corrected chi connectivity index (χ0v) is 24.2. The van der Waals surface area contributed by atoms with Gasteiger partial charge in [0, 0.05) is 49.1 Å². The minimum absolute atomic E-state index is 0.0205. The number of benzene rings is 3. The molecular formula is C33H30F5N3O4. The number of hydrogen-bond acceptors (Lipinski definition) is 6. The van der Waals surface area contributed by atoms with E-state index in [2.05, 4.69) is 15.2 Å². The lowest BCUT2D eigenvalue weighted by Crippen LogP contribution is -2.38. The van der Waals surface area contributed by atoms with E-state index < -0.39 is 53.0 Å². The number of carbonyl (C=O) groups is 1. The molecule has 1 fully saturated rings. The van der Waals surface area contributed by atoms with Gasteiger partial charge in [0.25, 0.3) is 5.91 Å². The number of ether oxygens (including phenoxy) is 2. The molecule has 236 valence electrons. The Hall–Kier alpha value is -4.23. The fourth-order valence-electron chi connectivity index (χ4n) is 5.08.